The molecule has 3 nitrogen and oxygen atoms in total. The monoisotopic (exact) mass is 321 g/mol. The first-order valence-electron chi connectivity index (χ1n) is 8.80. The lowest BCUT2D eigenvalue weighted by molar-refractivity contribution is 0.104. The van der Waals surface area contributed by atoms with Crippen molar-refractivity contribution in [3.63, 3.8) is 0 Å². The van der Waals surface area contributed by atoms with Gasteiger partial charge in [-0.15, -0.1) is 0 Å². The average Bonchev–Trinajstić information content (AvgIpc) is 3.07. The van der Waals surface area contributed by atoms with Crippen LogP contribution in [0.5, 0.6) is 5.75 Å². The Morgan fingerprint density at radius 2 is 1.79 bits per heavy atom. The minimum atomic E-state index is 0.338. The maximum absolute atomic E-state index is 6.14. The maximum atomic E-state index is 6.14. The molecule has 1 aromatic heterocycles. The number of benzene rings is 2. The molecule has 0 amide bonds. The molecule has 0 aliphatic carbocycles. The zero-order valence-electron chi connectivity index (χ0n) is 14.1. The molecule has 0 radical (unpaired) electrons. The second-order valence-electron chi connectivity index (χ2n) is 6.42. The van der Waals surface area contributed by atoms with E-state index < -0.39 is 0 Å². The summed E-state index contributed by atoms with van der Waals surface area (Å²) in [6, 6.07) is 18.4. The number of piperidine rings is 1. The molecule has 0 atom stereocenters. The molecular formula is C21H23NO2. The summed E-state index contributed by atoms with van der Waals surface area (Å²) in [4.78, 5) is 2.48. The maximum Gasteiger partial charge on any atom is 0.135 e. The number of para-hydroxylation sites is 1. The highest BCUT2D eigenvalue weighted by atomic mass is 16.5. The van der Waals surface area contributed by atoms with Crippen LogP contribution in [-0.4, -0.2) is 30.6 Å². The molecular weight excluding hydrogens is 298 g/mol. The van der Waals surface area contributed by atoms with Gasteiger partial charge in [0.2, 0.25) is 0 Å². The van der Waals surface area contributed by atoms with Gasteiger partial charge in [-0.1, -0.05) is 25.1 Å². The van der Waals surface area contributed by atoms with E-state index in [1.165, 1.54) is 0 Å². The summed E-state index contributed by atoms with van der Waals surface area (Å²) in [7, 11) is 0. The number of rotatable bonds is 4. The third-order valence-corrected chi connectivity index (χ3v) is 4.85. The fraction of sp³-hybridized carbons (Fsp3) is 0.333. The largest absolute Gasteiger partial charge is 0.490 e. The van der Waals surface area contributed by atoms with E-state index in [1.807, 2.05) is 18.2 Å². The molecule has 0 spiro atoms. The Morgan fingerprint density at radius 3 is 2.50 bits per heavy atom. The van der Waals surface area contributed by atoms with Gasteiger partial charge in [-0.3, -0.25) is 0 Å². The molecule has 1 saturated heterocycles. The van der Waals surface area contributed by atoms with Crippen LogP contribution in [0, 0.1) is 0 Å². The van der Waals surface area contributed by atoms with Gasteiger partial charge in [0, 0.05) is 24.0 Å². The molecule has 1 fully saturated rings. The highest BCUT2D eigenvalue weighted by molar-refractivity contribution is 5.82. The minimum Gasteiger partial charge on any atom is -0.490 e. The summed E-state index contributed by atoms with van der Waals surface area (Å²) in [5.41, 5.74) is 2.01. The van der Waals surface area contributed by atoms with Crippen LogP contribution < -0.4 is 4.74 Å². The Morgan fingerprint density at radius 1 is 1.04 bits per heavy atom. The Kier molecular flexibility index (Phi) is 4.26. The normalized spacial score (nSPS) is 16.5. The predicted octanol–water partition coefficient (Wildman–Crippen LogP) is 4.96. The van der Waals surface area contributed by atoms with Gasteiger partial charge in [0.15, 0.2) is 0 Å². The Bertz CT molecular complexity index is 765. The molecule has 2 heterocycles. The van der Waals surface area contributed by atoms with Gasteiger partial charge in [0.1, 0.15) is 23.2 Å². The van der Waals surface area contributed by atoms with E-state index in [0.29, 0.717) is 6.10 Å². The van der Waals surface area contributed by atoms with Gasteiger partial charge in [-0.2, -0.15) is 0 Å². The van der Waals surface area contributed by atoms with Crippen molar-refractivity contribution >= 4 is 11.0 Å². The third-order valence-electron chi connectivity index (χ3n) is 4.85. The highest BCUT2D eigenvalue weighted by Crippen LogP contribution is 2.29. The van der Waals surface area contributed by atoms with Crippen LogP contribution in [-0.2, 0) is 0 Å². The summed E-state index contributed by atoms with van der Waals surface area (Å²) in [6.07, 6.45) is 2.56. The molecule has 2 aromatic carbocycles. The van der Waals surface area contributed by atoms with Crippen LogP contribution in [0.4, 0.5) is 0 Å². The van der Waals surface area contributed by atoms with Crippen molar-refractivity contribution in [2.75, 3.05) is 19.6 Å². The predicted molar refractivity (Wildman–Crippen MR) is 97.4 cm³/mol. The molecule has 3 heteroatoms. The molecule has 3 aromatic rings. The van der Waals surface area contributed by atoms with E-state index in [2.05, 4.69) is 48.2 Å². The quantitative estimate of drug-likeness (QED) is 0.679. The SMILES string of the molecule is CCN1CCC(Oc2ccc(-c3cc4ccccc4o3)cc2)CC1. The van der Waals surface area contributed by atoms with E-state index in [1.54, 1.807) is 0 Å². The van der Waals surface area contributed by atoms with Gasteiger partial charge < -0.3 is 14.1 Å². The molecule has 1 aliphatic rings. The number of likely N-dealkylation sites (tertiary alicyclic amines) is 1. The van der Waals surface area contributed by atoms with Crippen LogP contribution in [0.2, 0.25) is 0 Å². The molecule has 0 N–H and O–H groups in total. The van der Waals surface area contributed by atoms with E-state index in [-0.39, 0.29) is 0 Å². The topological polar surface area (TPSA) is 25.6 Å². The zero-order valence-corrected chi connectivity index (χ0v) is 14.1. The summed E-state index contributed by atoms with van der Waals surface area (Å²) >= 11 is 0. The van der Waals surface area contributed by atoms with Gasteiger partial charge in [-0.25, -0.2) is 0 Å². The smallest absolute Gasteiger partial charge is 0.135 e. The number of fused-ring (bicyclic) bond motifs is 1. The summed E-state index contributed by atoms with van der Waals surface area (Å²) in [5, 5.41) is 1.13. The average molecular weight is 321 g/mol. The second kappa shape index (κ2) is 6.70. The molecule has 0 bridgehead atoms. The Hall–Kier alpha value is -2.26. The van der Waals surface area contributed by atoms with Crippen LogP contribution in [0.25, 0.3) is 22.3 Å². The van der Waals surface area contributed by atoms with Crippen molar-refractivity contribution in [2.45, 2.75) is 25.9 Å². The van der Waals surface area contributed by atoms with Crippen molar-refractivity contribution in [1.82, 2.24) is 4.90 Å². The first-order valence-corrected chi connectivity index (χ1v) is 8.80. The van der Waals surface area contributed by atoms with Gasteiger partial charge in [-0.05, 0) is 55.8 Å². The fourth-order valence-electron chi connectivity index (χ4n) is 3.36. The first-order chi connectivity index (χ1) is 11.8. The number of nitrogens with zero attached hydrogens (tertiary/aromatic N) is 1. The van der Waals surface area contributed by atoms with Crippen molar-refractivity contribution in [1.29, 1.82) is 0 Å². The molecule has 0 saturated carbocycles. The Balaban J connectivity index is 1.45. The van der Waals surface area contributed by atoms with Crippen LogP contribution >= 0.6 is 0 Å². The minimum absolute atomic E-state index is 0.338. The van der Waals surface area contributed by atoms with E-state index >= 15 is 0 Å². The van der Waals surface area contributed by atoms with Crippen molar-refractivity contribution in [3.05, 3.63) is 54.6 Å². The van der Waals surface area contributed by atoms with E-state index in [4.69, 9.17) is 9.15 Å². The lowest BCUT2D eigenvalue weighted by atomic mass is 10.1. The number of hydrogen-bond acceptors (Lipinski definition) is 3. The summed E-state index contributed by atoms with van der Waals surface area (Å²) < 4.78 is 12.1. The fourth-order valence-corrected chi connectivity index (χ4v) is 3.36. The van der Waals surface area contributed by atoms with E-state index in [9.17, 15) is 0 Å². The van der Waals surface area contributed by atoms with Crippen LogP contribution in [0.3, 0.4) is 0 Å². The zero-order chi connectivity index (χ0) is 16.4. The third kappa shape index (κ3) is 3.17. The summed E-state index contributed by atoms with van der Waals surface area (Å²) in [6.45, 7) is 5.63. The Labute approximate surface area is 142 Å². The molecule has 4 rings (SSSR count). The number of ether oxygens (including phenoxy) is 1. The van der Waals surface area contributed by atoms with Crippen molar-refractivity contribution < 1.29 is 9.15 Å². The van der Waals surface area contributed by atoms with E-state index in [0.717, 1.165) is 60.5 Å². The van der Waals surface area contributed by atoms with Gasteiger partial charge >= 0.3 is 0 Å². The van der Waals surface area contributed by atoms with Crippen LogP contribution in [0.1, 0.15) is 19.8 Å². The summed E-state index contributed by atoms with van der Waals surface area (Å²) in [5.74, 6) is 1.85. The van der Waals surface area contributed by atoms with Gasteiger partial charge in [0.05, 0.1) is 0 Å². The lowest BCUT2D eigenvalue weighted by Crippen LogP contribution is -2.37. The second-order valence-corrected chi connectivity index (χ2v) is 6.42. The highest BCUT2D eigenvalue weighted by Gasteiger charge is 2.19. The van der Waals surface area contributed by atoms with Crippen LogP contribution in [0.15, 0.2) is 59.0 Å². The molecule has 24 heavy (non-hydrogen) atoms. The molecule has 1 aliphatic heterocycles. The van der Waals surface area contributed by atoms with Crippen molar-refractivity contribution in [2.24, 2.45) is 0 Å². The molecule has 0 unspecified atom stereocenters. The number of furan rings is 1. The van der Waals surface area contributed by atoms with Gasteiger partial charge in [0.25, 0.3) is 0 Å². The molecule has 124 valence electrons. The standard InChI is InChI=1S/C21H23NO2/c1-2-22-13-11-19(12-14-22)23-18-9-7-16(8-10-18)21-15-17-5-3-4-6-20(17)24-21/h3-10,15,19H,2,11-14H2,1H3. The first kappa shape index (κ1) is 15.3. The van der Waals surface area contributed by atoms with Crippen molar-refractivity contribution in [3.8, 4) is 17.1 Å². The number of hydrogen-bond donors (Lipinski definition) is 0. The lowest BCUT2D eigenvalue weighted by Gasteiger charge is -2.31.